The summed E-state index contributed by atoms with van der Waals surface area (Å²) in [5.41, 5.74) is 8.62. The summed E-state index contributed by atoms with van der Waals surface area (Å²) in [6.07, 6.45) is 2.19. The molecule has 1 aliphatic rings. The monoisotopic (exact) mass is 512 g/mol. The number of nitrogens with one attached hydrogen (secondary N) is 1. The zero-order valence-electron chi connectivity index (χ0n) is 22.2. The predicted molar refractivity (Wildman–Crippen MR) is 147 cm³/mol. The zero-order valence-corrected chi connectivity index (χ0v) is 22.2. The van der Waals surface area contributed by atoms with Crippen LogP contribution in [0, 0.1) is 6.92 Å². The van der Waals surface area contributed by atoms with Crippen LogP contribution in [0.2, 0.25) is 0 Å². The van der Waals surface area contributed by atoms with E-state index in [0.717, 1.165) is 34.4 Å². The van der Waals surface area contributed by atoms with Gasteiger partial charge in [0.1, 0.15) is 5.82 Å². The van der Waals surface area contributed by atoms with E-state index >= 15 is 0 Å². The molecule has 9 heteroatoms. The highest BCUT2D eigenvalue weighted by Gasteiger charge is 2.24. The molecule has 2 aromatic heterocycles. The van der Waals surface area contributed by atoms with Gasteiger partial charge in [-0.05, 0) is 43.0 Å². The lowest BCUT2D eigenvalue weighted by molar-refractivity contribution is -0.119. The smallest absolute Gasteiger partial charge is 0.259 e. The molecular formula is C29H32N6O3. The number of carbonyl (C=O) groups is 1. The summed E-state index contributed by atoms with van der Waals surface area (Å²) < 4.78 is 8.90. The standard InChI is InChI=1S/C29H32N6O3/c1-5-9-26-24(28(37)34(18(2)17-38-4)29-30-19(3)33-35(26)29)15-20-12-13-22(21-10-7-6-8-11-21)23(14-20)25-16-27(36)32-31-25/h6-8,10-14,18H,5,9,15-17H2,1-4H3,(H,32,36). The molecule has 0 fully saturated rings. The normalized spacial score (nSPS) is 14.1. The first kappa shape index (κ1) is 25.5. The molecule has 0 radical (unpaired) electrons. The summed E-state index contributed by atoms with van der Waals surface area (Å²) in [4.78, 5) is 30.6. The summed E-state index contributed by atoms with van der Waals surface area (Å²) in [5.74, 6) is 1.02. The predicted octanol–water partition coefficient (Wildman–Crippen LogP) is 3.84. The molecule has 0 aliphatic carbocycles. The van der Waals surface area contributed by atoms with E-state index in [1.807, 2.05) is 54.8 Å². The molecule has 3 heterocycles. The number of hydrazone groups is 1. The van der Waals surface area contributed by atoms with Crippen LogP contribution in [0.3, 0.4) is 0 Å². The van der Waals surface area contributed by atoms with Crippen LogP contribution in [0.4, 0.5) is 0 Å². The number of amides is 1. The van der Waals surface area contributed by atoms with Gasteiger partial charge in [0.05, 0.1) is 30.5 Å². The Morgan fingerprint density at radius 1 is 1.11 bits per heavy atom. The molecule has 4 aromatic rings. The van der Waals surface area contributed by atoms with E-state index in [1.165, 1.54) is 0 Å². The number of fused-ring (bicyclic) bond motifs is 1. The largest absolute Gasteiger partial charge is 0.383 e. The first-order valence-electron chi connectivity index (χ1n) is 12.9. The lowest BCUT2D eigenvalue weighted by atomic mass is 9.91. The van der Waals surface area contributed by atoms with Crippen molar-refractivity contribution in [3.8, 4) is 11.1 Å². The van der Waals surface area contributed by atoms with Crippen molar-refractivity contribution in [2.45, 2.75) is 52.5 Å². The summed E-state index contributed by atoms with van der Waals surface area (Å²) >= 11 is 0. The van der Waals surface area contributed by atoms with Crippen LogP contribution < -0.4 is 11.0 Å². The van der Waals surface area contributed by atoms with Crippen molar-refractivity contribution in [3.63, 3.8) is 0 Å². The molecule has 0 spiro atoms. The summed E-state index contributed by atoms with van der Waals surface area (Å²) in [5, 5.41) is 8.96. The zero-order chi connectivity index (χ0) is 26.8. The molecule has 1 atom stereocenters. The molecule has 2 aromatic carbocycles. The van der Waals surface area contributed by atoms with Gasteiger partial charge in [-0.25, -0.2) is 9.94 Å². The number of aryl methyl sites for hydroxylation is 2. The SMILES string of the molecule is CCCc1c(Cc2ccc(-c3ccccc3)c(C3=NNC(=O)C3)c2)c(=O)n(C(C)COC)c2nc(C)nn12. The fourth-order valence-corrected chi connectivity index (χ4v) is 5.14. The van der Waals surface area contributed by atoms with Gasteiger partial charge in [-0.15, -0.1) is 0 Å². The highest BCUT2D eigenvalue weighted by Crippen LogP contribution is 2.28. The van der Waals surface area contributed by atoms with Gasteiger partial charge in [-0.3, -0.25) is 14.2 Å². The van der Waals surface area contributed by atoms with E-state index in [2.05, 4.69) is 39.7 Å². The average Bonchev–Trinajstić information content (AvgIpc) is 3.52. The van der Waals surface area contributed by atoms with Gasteiger partial charge in [0.15, 0.2) is 0 Å². The Hall–Kier alpha value is -4.11. The van der Waals surface area contributed by atoms with Crippen LogP contribution in [-0.4, -0.2) is 44.5 Å². The van der Waals surface area contributed by atoms with Crippen molar-refractivity contribution in [2.75, 3.05) is 13.7 Å². The lowest BCUT2D eigenvalue weighted by Crippen LogP contribution is -2.33. The quantitative estimate of drug-likeness (QED) is 0.367. The van der Waals surface area contributed by atoms with E-state index in [0.29, 0.717) is 42.3 Å². The third-order valence-electron chi connectivity index (χ3n) is 6.83. The molecule has 5 rings (SSSR count). The lowest BCUT2D eigenvalue weighted by Gasteiger charge is -2.20. The average molecular weight is 513 g/mol. The van der Waals surface area contributed by atoms with Crippen molar-refractivity contribution >= 4 is 17.4 Å². The molecule has 1 aliphatic heterocycles. The van der Waals surface area contributed by atoms with Crippen molar-refractivity contribution in [1.29, 1.82) is 0 Å². The van der Waals surface area contributed by atoms with E-state index in [9.17, 15) is 9.59 Å². The van der Waals surface area contributed by atoms with Gasteiger partial charge >= 0.3 is 0 Å². The molecule has 1 N–H and O–H groups in total. The summed E-state index contributed by atoms with van der Waals surface area (Å²) in [7, 11) is 1.63. The third kappa shape index (κ3) is 4.77. The Bertz CT molecular complexity index is 1590. The van der Waals surface area contributed by atoms with Crippen LogP contribution >= 0.6 is 0 Å². The second kappa shape index (κ2) is 10.7. The maximum Gasteiger partial charge on any atom is 0.259 e. The molecule has 1 unspecified atom stereocenters. The first-order chi connectivity index (χ1) is 18.4. The molecule has 0 bridgehead atoms. The minimum absolute atomic E-state index is 0.0818. The molecule has 9 nitrogen and oxygen atoms in total. The molecule has 196 valence electrons. The Kier molecular flexibility index (Phi) is 7.20. The Morgan fingerprint density at radius 3 is 2.58 bits per heavy atom. The maximum atomic E-state index is 14.0. The number of methoxy groups -OCH3 is 1. The second-order valence-electron chi connectivity index (χ2n) is 9.72. The minimum atomic E-state index is -0.214. The fraction of sp³-hybridized carbons (Fsp3) is 0.345. The number of carbonyl (C=O) groups excluding carboxylic acids is 1. The van der Waals surface area contributed by atoms with Gasteiger partial charge in [-0.2, -0.15) is 15.2 Å². The Balaban J connectivity index is 1.67. The van der Waals surface area contributed by atoms with Crippen LogP contribution in [-0.2, 0) is 22.4 Å². The van der Waals surface area contributed by atoms with Crippen molar-refractivity contribution in [2.24, 2.45) is 5.10 Å². The molecule has 38 heavy (non-hydrogen) atoms. The number of ether oxygens (including phenoxy) is 1. The molecule has 0 saturated heterocycles. The summed E-state index contributed by atoms with van der Waals surface area (Å²) in [6.45, 7) is 6.26. The molecular weight excluding hydrogens is 480 g/mol. The van der Waals surface area contributed by atoms with Crippen molar-refractivity contribution in [1.82, 2.24) is 24.6 Å². The maximum absolute atomic E-state index is 14.0. The van der Waals surface area contributed by atoms with E-state index in [-0.39, 0.29) is 23.9 Å². The minimum Gasteiger partial charge on any atom is -0.383 e. The van der Waals surface area contributed by atoms with Crippen LogP contribution in [0.15, 0.2) is 58.4 Å². The molecule has 0 saturated carbocycles. The van der Waals surface area contributed by atoms with Gasteiger partial charge < -0.3 is 4.74 Å². The van der Waals surface area contributed by atoms with E-state index in [1.54, 1.807) is 11.7 Å². The third-order valence-corrected chi connectivity index (χ3v) is 6.83. The Morgan fingerprint density at radius 2 is 1.89 bits per heavy atom. The van der Waals surface area contributed by atoms with Crippen LogP contribution in [0.5, 0.6) is 0 Å². The van der Waals surface area contributed by atoms with Gasteiger partial charge in [-0.1, -0.05) is 55.8 Å². The van der Waals surface area contributed by atoms with Gasteiger partial charge in [0.2, 0.25) is 11.7 Å². The Labute approximate surface area is 221 Å². The van der Waals surface area contributed by atoms with Gasteiger partial charge in [0.25, 0.3) is 5.56 Å². The van der Waals surface area contributed by atoms with Crippen LogP contribution in [0.1, 0.15) is 60.9 Å². The highest BCUT2D eigenvalue weighted by atomic mass is 16.5. The highest BCUT2D eigenvalue weighted by molar-refractivity contribution is 6.16. The van der Waals surface area contributed by atoms with E-state index < -0.39 is 0 Å². The van der Waals surface area contributed by atoms with Gasteiger partial charge in [0, 0.05) is 24.7 Å². The van der Waals surface area contributed by atoms with Crippen molar-refractivity contribution in [3.05, 3.63) is 87.1 Å². The second-order valence-corrected chi connectivity index (χ2v) is 9.72. The topological polar surface area (TPSA) is 103 Å². The number of hydrogen-bond acceptors (Lipinski definition) is 6. The number of nitrogens with zero attached hydrogens (tertiary/aromatic N) is 5. The van der Waals surface area contributed by atoms with Crippen LogP contribution in [0.25, 0.3) is 16.9 Å². The number of benzene rings is 2. The fourth-order valence-electron chi connectivity index (χ4n) is 5.14. The number of rotatable bonds is 9. The van der Waals surface area contributed by atoms with E-state index in [4.69, 9.17) is 4.74 Å². The number of hydrogen-bond donors (Lipinski definition) is 1. The molecule has 1 amide bonds. The summed E-state index contributed by atoms with van der Waals surface area (Å²) in [6, 6.07) is 16.0. The number of aromatic nitrogens is 4. The van der Waals surface area contributed by atoms with Crippen molar-refractivity contribution < 1.29 is 9.53 Å². The first-order valence-corrected chi connectivity index (χ1v) is 12.9.